The fourth-order valence-electron chi connectivity index (χ4n) is 2.32. The second kappa shape index (κ2) is 8.94. The number of anilines is 1. The van der Waals surface area contributed by atoms with Gasteiger partial charge in [-0.1, -0.05) is 25.1 Å². The first-order valence-electron chi connectivity index (χ1n) is 7.42. The van der Waals surface area contributed by atoms with Crippen LogP contribution in [0, 0.1) is 0 Å². The monoisotopic (exact) mass is 264 g/mol. The van der Waals surface area contributed by atoms with Crippen molar-refractivity contribution in [2.45, 2.75) is 39.7 Å². The summed E-state index contributed by atoms with van der Waals surface area (Å²) in [4.78, 5) is 2.34. The summed E-state index contributed by atoms with van der Waals surface area (Å²) in [5.41, 5.74) is 2.63. The van der Waals surface area contributed by atoms with Gasteiger partial charge >= 0.3 is 0 Å². The van der Waals surface area contributed by atoms with Crippen LogP contribution in [0.3, 0.4) is 0 Å². The number of aliphatic hydroxyl groups excluding tert-OH is 1. The summed E-state index contributed by atoms with van der Waals surface area (Å²) >= 11 is 0. The number of aliphatic hydroxyl groups is 1. The first-order valence-corrected chi connectivity index (χ1v) is 7.42. The van der Waals surface area contributed by atoms with E-state index in [1.54, 1.807) is 0 Å². The molecule has 1 atom stereocenters. The van der Waals surface area contributed by atoms with Gasteiger partial charge in [0.05, 0.1) is 0 Å². The van der Waals surface area contributed by atoms with E-state index in [9.17, 15) is 0 Å². The molecule has 0 aliphatic carbocycles. The molecule has 19 heavy (non-hydrogen) atoms. The molecule has 1 aromatic carbocycles. The Bertz CT molecular complexity index is 354. The summed E-state index contributed by atoms with van der Waals surface area (Å²) in [5, 5.41) is 12.6. The molecule has 0 amide bonds. The van der Waals surface area contributed by atoms with E-state index in [1.807, 2.05) is 0 Å². The predicted octanol–water partition coefficient (Wildman–Crippen LogP) is 2.96. The summed E-state index contributed by atoms with van der Waals surface area (Å²) in [6.45, 7) is 9.74. The van der Waals surface area contributed by atoms with Crippen molar-refractivity contribution in [1.29, 1.82) is 0 Å². The lowest BCUT2D eigenvalue weighted by atomic mass is 10.0. The third-order valence-electron chi connectivity index (χ3n) is 3.41. The summed E-state index contributed by atoms with van der Waals surface area (Å²) in [5.74, 6) is 0. The van der Waals surface area contributed by atoms with Crippen molar-refractivity contribution in [1.82, 2.24) is 5.32 Å². The maximum absolute atomic E-state index is 9.01. The second-order valence-electron chi connectivity index (χ2n) is 4.89. The van der Waals surface area contributed by atoms with Crippen molar-refractivity contribution in [3.05, 3.63) is 29.8 Å². The average Bonchev–Trinajstić information content (AvgIpc) is 2.46. The minimum Gasteiger partial charge on any atom is -0.396 e. The highest BCUT2D eigenvalue weighted by Crippen LogP contribution is 2.26. The molecule has 0 saturated heterocycles. The lowest BCUT2D eigenvalue weighted by Gasteiger charge is -2.28. The SMILES string of the molecule is CCCNC(C)c1ccccc1N(CC)CCCO. The molecule has 1 rings (SSSR count). The molecule has 0 heterocycles. The van der Waals surface area contributed by atoms with Gasteiger partial charge in [0.15, 0.2) is 0 Å². The maximum Gasteiger partial charge on any atom is 0.0447 e. The van der Waals surface area contributed by atoms with Crippen molar-refractivity contribution in [3.8, 4) is 0 Å². The zero-order valence-corrected chi connectivity index (χ0v) is 12.5. The van der Waals surface area contributed by atoms with Crippen molar-refractivity contribution >= 4 is 5.69 Å². The molecule has 108 valence electrons. The molecule has 3 heteroatoms. The summed E-state index contributed by atoms with van der Waals surface area (Å²) in [6.07, 6.45) is 1.97. The van der Waals surface area contributed by atoms with Crippen molar-refractivity contribution in [2.24, 2.45) is 0 Å². The zero-order chi connectivity index (χ0) is 14.1. The van der Waals surface area contributed by atoms with Crippen molar-refractivity contribution in [3.63, 3.8) is 0 Å². The largest absolute Gasteiger partial charge is 0.396 e. The number of rotatable bonds is 9. The van der Waals surface area contributed by atoms with Gasteiger partial charge in [0, 0.05) is 31.4 Å². The Morgan fingerprint density at radius 3 is 2.63 bits per heavy atom. The Kier molecular flexibility index (Phi) is 7.53. The molecule has 0 aliphatic heterocycles. The summed E-state index contributed by atoms with van der Waals surface area (Å²) in [7, 11) is 0. The number of para-hydroxylation sites is 1. The fraction of sp³-hybridized carbons (Fsp3) is 0.625. The highest BCUT2D eigenvalue weighted by molar-refractivity contribution is 5.54. The smallest absolute Gasteiger partial charge is 0.0447 e. The van der Waals surface area contributed by atoms with Gasteiger partial charge in [-0.3, -0.25) is 0 Å². The van der Waals surface area contributed by atoms with Crippen LogP contribution in [0.5, 0.6) is 0 Å². The Labute approximate surface area is 117 Å². The highest BCUT2D eigenvalue weighted by atomic mass is 16.3. The van der Waals surface area contributed by atoms with Crippen LogP contribution < -0.4 is 10.2 Å². The number of benzene rings is 1. The molecular weight excluding hydrogens is 236 g/mol. The van der Waals surface area contributed by atoms with Gasteiger partial charge in [-0.05, 0) is 44.9 Å². The van der Waals surface area contributed by atoms with Crippen LogP contribution in [0.25, 0.3) is 0 Å². The van der Waals surface area contributed by atoms with E-state index in [1.165, 1.54) is 11.3 Å². The van der Waals surface area contributed by atoms with Crippen molar-refractivity contribution < 1.29 is 5.11 Å². The molecule has 0 saturated carbocycles. The van der Waals surface area contributed by atoms with Gasteiger partial charge < -0.3 is 15.3 Å². The first-order chi connectivity index (χ1) is 9.24. The predicted molar refractivity (Wildman–Crippen MR) is 82.7 cm³/mol. The summed E-state index contributed by atoms with van der Waals surface area (Å²) in [6, 6.07) is 8.93. The molecule has 0 bridgehead atoms. The van der Waals surface area contributed by atoms with Crippen LogP contribution >= 0.6 is 0 Å². The average molecular weight is 264 g/mol. The molecule has 0 spiro atoms. The molecule has 0 aliphatic rings. The third kappa shape index (κ3) is 4.84. The van der Waals surface area contributed by atoms with Gasteiger partial charge in [-0.15, -0.1) is 0 Å². The van der Waals surface area contributed by atoms with Crippen LogP contribution in [0.2, 0.25) is 0 Å². The Morgan fingerprint density at radius 1 is 1.26 bits per heavy atom. The van der Waals surface area contributed by atoms with Gasteiger partial charge in [-0.2, -0.15) is 0 Å². The minimum atomic E-state index is 0.252. The molecule has 3 nitrogen and oxygen atoms in total. The van der Waals surface area contributed by atoms with Gasteiger partial charge in [0.1, 0.15) is 0 Å². The number of hydrogen-bond acceptors (Lipinski definition) is 3. The number of hydrogen-bond donors (Lipinski definition) is 2. The van der Waals surface area contributed by atoms with E-state index in [2.05, 4.69) is 55.3 Å². The van der Waals surface area contributed by atoms with E-state index >= 15 is 0 Å². The van der Waals surface area contributed by atoms with Gasteiger partial charge in [-0.25, -0.2) is 0 Å². The highest BCUT2D eigenvalue weighted by Gasteiger charge is 2.13. The molecule has 0 aromatic heterocycles. The zero-order valence-electron chi connectivity index (χ0n) is 12.5. The van der Waals surface area contributed by atoms with Crippen LogP contribution in [0.1, 0.15) is 45.2 Å². The maximum atomic E-state index is 9.01. The first kappa shape index (κ1) is 16.0. The second-order valence-corrected chi connectivity index (χ2v) is 4.89. The Hall–Kier alpha value is -1.06. The lowest BCUT2D eigenvalue weighted by molar-refractivity contribution is 0.289. The summed E-state index contributed by atoms with van der Waals surface area (Å²) < 4.78 is 0. The quantitative estimate of drug-likeness (QED) is 0.720. The third-order valence-corrected chi connectivity index (χ3v) is 3.41. The van der Waals surface area contributed by atoms with Crippen LogP contribution in [-0.2, 0) is 0 Å². The molecule has 2 N–H and O–H groups in total. The van der Waals surface area contributed by atoms with E-state index in [0.717, 1.165) is 32.5 Å². The molecule has 0 fully saturated rings. The van der Waals surface area contributed by atoms with E-state index in [-0.39, 0.29) is 6.61 Å². The topological polar surface area (TPSA) is 35.5 Å². The number of nitrogens with zero attached hydrogens (tertiary/aromatic N) is 1. The molecule has 1 unspecified atom stereocenters. The number of nitrogens with one attached hydrogen (secondary N) is 1. The fourth-order valence-corrected chi connectivity index (χ4v) is 2.32. The van der Waals surface area contributed by atoms with Gasteiger partial charge in [0.25, 0.3) is 0 Å². The molecular formula is C16H28N2O. The van der Waals surface area contributed by atoms with Crippen LogP contribution in [-0.4, -0.2) is 31.3 Å². The lowest BCUT2D eigenvalue weighted by Crippen LogP contribution is -2.28. The van der Waals surface area contributed by atoms with Gasteiger partial charge in [0.2, 0.25) is 0 Å². The van der Waals surface area contributed by atoms with Crippen molar-refractivity contribution in [2.75, 3.05) is 31.1 Å². The Morgan fingerprint density at radius 2 is 2.00 bits per heavy atom. The van der Waals surface area contributed by atoms with E-state index < -0.39 is 0 Å². The molecule has 0 radical (unpaired) electrons. The van der Waals surface area contributed by atoms with Crippen LogP contribution in [0.15, 0.2) is 24.3 Å². The normalized spacial score (nSPS) is 12.4. The van der Waals surface area contributed by atoms with Crippen LogP contribution in [0.4, 0.5) is 5.69 Å². The Balaban J connectivity index is 2.86. The standard InChI is InChI=1S/C16H28N2O/c1-4-11-17-14(3)15-9-6-7-10-16(15)18(5-2)12-8-13-19/h6-7,9-10,14,17,19H,4-5,8,11-13H2,1-3H3. The minimum absolute atomic E-state index is 0.252. The molecule has 1 aromatic rings. The van der Waals surface area contributed by atoms with E-state index in [0.29, 0.717) is 6.04 Å². The van der Waals surface area contributed by atoms with E-state index in [4.69, 9.17) is 5.11 Å².